The zero-order valence-electron chi connectivity index (χ0n) is 15.2. The van der Waals surface area contributed by atoms with Crippen LogP contribution in [0.3, 0.4) is 0 Å². The molecule has 26 heavy (non-hydrogen) atoms. The lowest BCUT2D eigenvalue weighted by Crippen LogP contribution is -2.29. The lowest BCUT2D eigenvalue weighted by atomic mass is 10.0. The summed E-state index contributed by atoms with van der Waals surface area (Å²) in [6.45, 7) is 5.10. The number of rotatable bonds is 5. The van der Waals surface area contributed by atoms with Gasteiger partial charge in [-0.25, -0.2) is 8.42 Å². The Labute approximate surface area is 158 Å². The Morgan fingerprint density at radius 2 is 1.62 bits per heavy atom. The van der Waals surface area contributed by atoms with Crippen molar-refractivity contribution in [3.8, 4) is 0 Å². The van der Waals surface area contributed by atoms with Crippen molar-refractivity contribution < 1.29 is 13.2 Å². The van der Waals surface area contributed by atoms with E-state index < -0.39 is 14.6 Å². The lowest BCUT2D eigenvalue weighted by Gasteiger charge is -2.19. The molecule has 0 saturated carbocycles. The molecule has 0 atom stereocenters. The first kappa shape index (κ1) is 18.8. The molecule has 0 spiro atoms. The average molecular weight is 387 g/mol. The number of fused-ring (bicyclic) bond motifs is 1. The van der Waals surface area contributed by atoms with Crippen molar-refractivity contribution in [2.24, 2.45) is 0 Å². The van der Waals surface area contributed by atoms with Crippen molar-refractivity contribution in [3.05, 3.63) is 70.6 Å². The second kappa shape index (κ2) is 6.97. The fourth-order valence-electron chi connectivity index (χ4n) is 2.64. The van der Waals surface area contributed by atoms with Crippen molar-refractivity contribution in [3.63, 3.8) is 0 Å². The van der Waals surface area contributed by atoms with Crippen molar-refractivity contribution >= 4 is 37.0 Å². The molecular formula is C21H22O3S2. The minimum Gasteiger partial charge on any atom is -0.294 e. The van der Waals surface area contributed by atoms with E-state index in [4.69, 9.17) is 0 Å². The number of Topliss-reactive ketones (excluding diaryl/α,β-unsaturated/α-hetero) is 1. The highest BCUT2D eigenvalue weighted by Crippen LogP contribution is 2.23. The zero-order chi connectivity index (χ0) is 18.9. The summed E-state index contributed by atoms with van der Waals surface area (Å²) in [6, 6.07) is 15.0. The Balaban J connectivity index is 1.72. The van der Waals surface area contributed by atoms with E-state index in [1.165, 1.54) is 4.70 Å². The Kier molecular flexibility index (Phi) is 5.04. The van der Waals surface area contributed by atoms with Gasteiger partial charge in [0.2, 0.25) is 0 Å². The number of benzene rings is 2. The van der Waals surface area contributed by atoms with Crippen LogP contribution in [0.15, 0.2) is 53.9 Å². The summed E-state index contributed by atoms with van der Waals surface area (Å²) in [7, 11) is -3.23. The normalized spacial score (nSPS) is 12.4. The van der Waals surface area contributed by atoms with Crippen LogP contribution in [-0.2, 0) is 22.0 Å². The SMILES string of the molecule is CC(C)(C)S(=O)(=O)Cc1ccc(C(=O)Cc2ccc3sccc3c2)cc1. The minimum absolute atomic E-state index is 0.0141. The summed E-state index contributed by atoms with van der Waals surface area (Å²) in [4.78, 5) is 12.5. The zero-order valence-corrected chi connectivity index (χ0v) is 16.8. The molecule has 136 valence electrons. The van der Waals surface area contributed by atoms with E-state index >= 15 is 0 Å². The van der Waals surface area contributed by atoms with Gasteiger partial charge in [0.15, 0.2) is 15.6 Å². The molecule has 1 heterocycles. The van der Waals surface area contributed by atoms with Gasteiger partial charge in [-0.1, -0.05) is 30.3 Å². The summed E-state index contributed by atoms with van der Waals surface area (Å²) in [5.74, 6) is 0.0181. The van der Waals surface area contributed by atoms with Gasteiger partial charge in [-0.15, -0.1) is 11.3 Å². The molecule has 0 aliphatic heterocycles. The monoisotopic (exact) mass is 386 g/mol. The van der Waals surface area contributed by atoms with Gasteiger partial charge in [0.05, 0.1) is 10.5 Å². The van der Waals surface area contributed by atoms with E-state index in [-0.39, 0.29) is 11.5 Å². The Bertz CT molecular complexity index is 1040. The van der Waals surface area contributed by atoms with Crippen molar-refractivity contribution in [2.45, 2.75) is 37.7 Å². The molecular weight excluding hydrogens is 364 g/mol. The molecule has 0 aliphatic carbocycles. The molecule has 0 fully saturated rings. The first-order chi connectivity index (χ1) is 12.2. The third kappa shape index (κ3) is 4.05. The van der Waals surface area contributed by atoms with Crippen LogP contribution in [0.4, 0.5) is 0 Å². The van der Waals surface area contributed by atoms with E-state index in [2.05, 4.69) is 6.07 Å². The molecule has 3 aromatic rings. The highest BCUT2D eigenvalue weighted by Gasteiger charge is 2.28. The summed E-state index contributed by atoms with van der Waals surface area (Å²) in [5.41, 5.74) is 2.30. The number of hydrogen-bond acceptors (Lipinski definition) is 4. The van der Waals surface area contributed by atoms with E-state index in [0.29, 0.717) is 17.5 Å². The molecule has 0 aliphatic rings. The van der Waals surface area contributed by atoms with Crippen LogP contribution in [0.1, 0.15) is 42.3 Å². The molecule has 0 bridgehead atoms. The molecule has 0 amide bonds. The average Bonchev–Trinajstić information content (AvgIpc) is 3.01. The third-order valence-corrected chi connectivity index (χ3v) is 7.92. The maximum Gasteiger partial charge on any atom is 0.167 e. The lowest BCUT2D eigenvalue weighted by molar-refractivity contribution is 0.0993. The highest BCUT2D eigenvalue weighted by atomic mass is 32.2. The Morgan fingerprint density at radius 1 is 0.962 bits per heavy atom. The Morgan fingerprint density at radius 3 is 2.27 bits per heavy atom. The third-order valence-electron chi connectivity index (χ3n) is 4.45. The molecule has 2 aromatic carbocycles. The van der Waals surface area contributed by atoms with Gasteiger partial charge >= 0.3 is 0 Å². The van der Waals surface area contributed by atoms with Gasteiger partial charge in [0.25, 0.3) is 0 Å². The summed E-state index contributed by atoms with van der Waals surface area (Å²) in [6.07, 6.45) is 0.339. The number of sulfone groups is 1. The second-order valence-electron chi connectivity index (χ2n) is 7.46. The van der Waals surface area contributed by atoms with Crippen molar-refractivity contribution in [1.82, 2.24) is 0 Å². The molecule has 0 saturated heterocycles. The Hall–Kier alpha value is -1.98. The maximum atomic E-state index is 12.5. The number of ketones is 1. The quantitative estimate of drug-likeness (QED) is 0.577. The summed E-state index contributed by atoms with van der Waals surface area (Å²) < 4.78 is 25.0. The first-order valence-electron chi connectivity index (χ1n) is 8.46. The number of carbonyl (C=O) groups excluding carboxylic acids is 1. The largest absolute Gasteiger partial charge is 0.294 e. The van der Waals surface area contributed by atoms with Crippen molar-refractivity contribution in [1.29, 1.82) is 0 Å². The van der Waals surface area contributed by atoms with Crippen LogP contribution in [-0.4, -0.2) is 18.9 Å². The van der Waals surface area contributed by atoms with Gasteiger partial charge in [-0.2, -0.15) is 0 Å². The molecule has 0 unspecified atom stereocenters. The summed E-state index contributed by atoms with van der Waals surface area (Å²) >= 11 is 1.68. The molecule has 3 rings (SSSR count). The van der Waals surface area contributed by atoms with Gasteiger partial charge in [-0.3, -0.25) is 4.79 Å². The van der Waals surface area contributed by atoms with Gasteiger partial charge in [0.1, 0.15) is 0 Å². The van der Waals surface area contributed by atoms with E-state index in [1.54, 1.807) is 56.4 Å². The number of carbonyl (C=O) groups is 1. The van der Waals surface area contributed by atoms with Gasteiger partial charge in [-0.05, 0) is 60.9 Å². The highest BCUT2D eigenvalue weighted by molar-refractivity contribution is 7.91. The predicted molar refractivity (Wildman–Crippen MR) is 109 cm³/mol. The van der Waals surface area contributed by atoms with Crippen molar-refractivity contribution in [2.75, 3.05) is 0 Å². The van der Waals surface area contributed by atoms with Crippen LogP contribution < -0.4 is 0 Å². The molecule has 3 nitrogen and oxygen atoms in total. The molecule has 0 radical (unpaired) electrons. The van der Waals surface area contributed by atoms with Crippen LogP contribution in [0.25, 0.3) is 10.1 Å². The second-order valence-corrected chi connectivity index (χ2v) is 11.2. The van der Waals surface area contributed by atoms with Crippen LogP contribution >= 0.6 is 11.3 Å². The molecule has 5 heteroatoms. The summed E-state index contributed by atoms with van der Waals surface area (Å²) in [5, 5.41) is 3.20. The van der Waals surface area contributed by atoms with E-state index in [9.17, 15) is 13.2 Å². The smallest absolute Gasteiger partial charge is 0.167 e. The van der Waals surface area contributed by atoms with Crippen LogP contribution in [0.5, 0.6) is 0 Å². The van der Waals surface area contributed by atoms with E-state index in [1.807, 2.05) is 23.6 Å². The number of thiophene rings is 1. The fraction of sp³-hybridized carbons (Fsp3) is 0.286. The van der Waals surface area contributed by atoms with Gasteiger partial charge in [0, 0.05) is 16.7 Å². The maximum absolute atomic E-state index is 12.5. The molecule has 1 aromatic heterocycles. The predicted octanol–water partition coefficient (Wildman–Crippen LogP) is 5.04. The van der Waals surface area contributed by atoms with Crippen LogP contribution in [0.2, 0.25) is 0 Å². The minimum atomic E-state index is -3.23. The van der Waals surface area contributed by atoms with Crippen LogP contribution in [0, 0.1) is 0 Å². The standard InChI is InChI=1S/C21H22O3S2/c1-21(2,3)26(23,24)14-15-4-7-17(8-5-15)19(22)13-16-6-9-20-18(12-16)10-11-25-20/h4-12H,13-14H2,1-3H3. The van der Waals surface area contributed by atoms with E-state index in [0.717, 1.165) is 10.9 Å². The molecule has 0 N–H and O–H groups in total. The number of hydrogen-bond donors (Lipinski definition) is 0. The first-order valence-corrected chi connectivity index (χ1v) is 11.0. The fourth-order valence-corrected chi connectivity index (χ4v) is 4.47. The topological polar surface area (TPSA) is 51.2 Å². The van der Waals surface area contributed by atoms with Gasteiger partial charge < -0.3 is 0 Å².